The normalized spacial score (nSPS) is 10.3. The van der Waals surface area contributed by atoms with Crippen LogP contribution in [0.3, 0.4) is 0 Å². The van der Waals surface area contributed by atoms with Gasteiger partial charge in [-0.25, -0.2) is 4.98 Å². The van der Waals surface area contributed by atoms with E-state index in [-0.39, 0.29) is 0 Å². The minimum Gasteiger partial charge on any atom is -0.362 e. The lowest BCUT2D eigenvalue weighted by Gasteiger charge is -2.11. The number of pyridine rings is 1. The quantitative estimate of drug-likeness (QED) is 0.398. The van der Waals surface area contributed by atoms with Gasteiger partial charge in [0.25, 0.3) is 0 Å². The second-order valence-corrected chi connectivity index (χ2v) is 6.80. The van der Waals surface area contributed by atoms with Gasteiger partial charge >= 0.3 is 0 Å². The van der Waals surface area contributed by atoms with Gasteiger partial charge in [-0.15, -0.1) is 0 Å². The number of thiocarbonyl (C=S) groups is 1. The lowest BCUT2D eigenvalue weighted by molar-refractivity contribution is 0.777. The highest BCUT2D eigenvalue weighted by Gasteiger charge is 2.00. The largest absolute Gasteiger partial charge is 0.362 e. The van der Waals surface area contributed by atoms with Crippen LogP contribution < -0.4 is 16.0 Å². The van der Waals surface area contributed by atoms with E-state index >= 15 is 0 Å². The average Bonchev–Trinajstić information content (AvgIpc) is 2.69. The maximum Gasteiger partial charge on any atom is 0.170 e. The van der Waals surface area contributed by atoms with Crippen molar-refractivity contribution < 1.29 is 0 Å². The zero-order valence-corrected chi connectivity index (χ0v) is 16.2. The summed E-state index contributed by atoms with van der Waals surface area (Å²) in [4.78, 5) is 4.42. The molecule has 0 aliphatic carbocycles. The van der Waals surface area contributed by atoms with E-state index in [2.05, 4.69) is 64.3 Å². The molecule has 0 saturated heterocycles. The number of hydrogen-bond donors (Lipinski definition) is 3. The van der Waals surface area contributed by atoms with E-state index in [1.165, 1.54) is 11.1 Å². The van der Waals surface area contributed by atoms with Crippen molar-refractivity contribution in [3.8, 4) is 0 Å². The Morgan fingerprint density at radius 3 is 2.37 bits per heavy atom. The van der Waals surface area contributed by atoms with Crippen molar-refractivity contribution in [1.82, 2.24) is 10.3 Å². The third-order valence-corrected chi connectivity index (χ3v) is 4.36. The van der Waals surface area contributed by atoms with Gasteiger partial charge in [0.1, 0.15) is 5.82 Å². The Bertz CT molecular complexity index is 846. The monoisotopic (exact) mass is 376 g/mol. The smallest absolute Gasteiger partial charge is 0.170 e. The summed E-state index contributed by atoms with van der Waals surface area (Å²) in [5, 5.41) is 10.3. The van der Waals surface area contributed by atoms with Crippen LogP contribution in [0, 0.1) is 6.92 Å². The Labute approximate surface area is 166 Å². The Balaban J connectivity index is 1.41. The Kier molecular flexibility index (Phi) is 6.77. The van der Waals surface area contributed by atoms with Crippen molar-refractivity contribution in [3.05, 3.63) is 84.1 Å². The summed E-state index contributed by atoms with van der Waals surface area (Å²) in [6, 6.07) is 22.6. The molecule has 1 aromatic heterocycles. The minimum atomic E-state index is 0.615. The molecule has 0 fully saturated rings. The van der Waals surface area contributed by atoms with E-state index in [1.807, 2.05) is 30.3 Å². The highest BCUT2D eigenvalue weighted by Crippen LogP contribution is 2.16. The summed E-state index contributed by atoms with van der Waals surface area (Å²) in [6.45, 7) is 2.91. The van der Waals surface area contributed by atoms with Gasteiger partial charge in [0.2, 0.25) is 0 Å². The number of hydrogen-bond acceptors (Lipinski definition) is 3. The van der Waals surface area contributed by atoms with Crippen molar-refractivity contribution in [3.63, 3.8) is 0 Å². The summed E-state index contributed by atoms with van der Waals surface area (Å²) in [7, 11) is 0. The number of rotatable bonds is 7. The fourth-order valence-electron chi connectivity index (χ4n) is 2.64. The summed E-state index contributed by atoms with van der Waals surface area (Å²) in [5.41, 5.74) is 4.46. The fourth-order valence-corrected chi connectivity index (χ4v) is 2.86. The van der Waals surface area contributed by atoms with Crippen LogP contribution in [0.4, 0.5) is 17.2 Å². The number of aromatic nitrogens is 1. The molecule has 0 amide bonds. The third kappa shape index (κ3) is 6.38. The van der Waals surface area contributed by atoms with E-state index in [1.54, 1.807) is 6.20 Å². The molecule has 3 rings (SSSR count). The van der Waals surface area contributed by atoms with E-state index in [9.17, 15) is 0 Å². The van der Waals surface area contributed by atoms with Crippen LogP contribution in [0.5, 0.6) is 0 Å². The molecule has 0 atom stereocenters. The van der Waals surface area contributed by atoms with Gasteiger partial charge in [0.15, 0.2) is 5.11 Å². The number of aryl methyl sites for hydroxylation is 2. The van der Waals surface area contributed by atoms with E-state index in [0.29, 0.717) is 5.11 Å². The van der Waals surface area contributed by atoms with Gasteiger partial charge < -0.3 is 16.0 Å². The average molecular weight is 377 g/mol. The summed E-state index contributed by atoms with van der Waals surface area (Å²) in [5.74, 6) is 0.797. The summed E-state index contributed by atoms with van der Waals surface area (Å²) >= 11 is 5.35. The van der Waals surface area contributed by atoms with E-state index in [0.717, 1.165) is 36.6 Å². The Hall–Kier alpha value is -2.92. The van der Waals surface area contributed by atoms with Crippen LogP contribution in [0.2, 0.25) is 0 Å². The predicted octanol–water partition coefficient (Wildman–Crippen LogP) is 5.05. The molecule has 5 heteroatoms. The molecule has 27 heavy (non-hydrogen) atoms. The van der Waals surface area contributed by atoms with Crippen LogP contribution in [-0.2, 0) is 6.42 Å². The van der Waals surface area contributed by atoms with Crippen LogP contribution in [0.15, 0.2) is 72.9 Å². The lowest BCUT2D eigenvalue weighted by Crippen LogP contribution is -2.29. The Morgan fingerprint density at radius 2 is 1.67 bits per heavy atom. The van der Waals surface area contributed by atoms with Crippen LogP contribution in [-0.4, -0.2) is 16.6 Å². The van der Waals surface area contributed by atoms with E-state index in [4.69, 9.17) is 12.2 Å². The van der Waals surface area contributed by atoms with Crippen LogP contribution in [0.25, 0.3) is 0 Å². The first-order valence-corrected chi connectivity index (χ1v) is 9.48. The van der Waals surface area contributed by atoms with Crippen molar-refractivity contribution in [1.29, 1.82) is 0 Å². The number of nitrogens with one attached hydrogen (secondary N) is 3. The first kappa shape index (κ1) is 18.9. The maximum absolute atomic E-state index is 5.35. The molecule has 4 nitrogen and oxygen atoms in total. The number of anilines is 3. The highest BCUT2D eigenvalue weighted by atomic mass is 32.1. The fraction of sp³-hybridized carbons (Fsp3) is 0.182. The van der Waals surface area contributed by atoms with Gasteiger partial charge in [-0.2, -0.15) is 0 Å². The first-order valence-electron chi connectivity index (χ1n) is 9.07. The molecule has 0 bridgehead atoms. The molecule has 0 aliphatic rings. The molecule has 0 radical (unpaired) electrons. The molecule has 0 spiro atoms. The van der Waals surface area contributed by atoms with Gasteiger partial charge in [-0.3, -0.25) is 0 Å². The first-order chi connectivity index (χ1) is 13.2. The van der Waals surface area contributed by atoms with Crippen molar-refractivity contribution in [2.45, 2.75) is 19.8 Å². The molecule has 0 unspecified atom stereocenters. The summed E-state index contributed by atoms with van der Waals surface area (Å²) < 4.78 is 0. The Morgan fingerprint density at radius 1 is 0.926 bits per heavy atom. The minimum absolute atomic E-state index is 0.615. The zero-order valence-electron chi connectivity index (χ0n) is 15.4. The number of benzene rings is 2. The lowest BCUT2D eigenvalue weighted by atomic mass is 10.1. The van der Waals surface area contributed by atoms with Gasteiger partial charge in [0.05, 0.1) is 11.9 Å². The van der Waals surface area contributed by atoms with E-state index < -0.39 is 0 Å². The number of nitrogens with zero attached hydrogens (tertiary/aromatic N) is 1. The second kappa shape index (κ2) is 9.69. The summed E-state index contributed by atoms with van der Waals surface area (Å²) in [6.07, 6.45) is 3.84. The molecule has 3 aromatic rings. The van der Waals surface area contributed by atoms with Gasteiger partial charge in [-0.05, 0) is 61.8 Å². The maximum atomic E-state index is 5.35. The molecule has 1 heterocycles. The van der Waals surface area contributed by atoms with Crippen LogP contribution >= 0.6 is 12.2 Å². The highest BCUT2D eigenvalue weighted by molar-refractivity contribution is 7.80. The second-order valence-electron chi connectivity index (χ2n) is 6.39. The SMILES string of the molecule is Cc1ccc(Nc2ccc(NC(=S)NCCCc3ccccc3)cn2)cc1. The third-order valence-electron chi connectivity index (χ3n) is 4.12. The molecular formula is C22H24N4S. The van der Waals surface area contributed by atoms with Crippen molar-refractivity contribution >= 4 is 34.5 Å². The molecule has 138 valence electrons. The molecule has 0 saturated carbocycles. The zero-order chi connectivity index (χ0) is 18.9. The molecule has 0 aliphatic heterocycles. The molecular weight excluding hydrogens is 352 g/mol. The van der Waals surface area contributed by atoms with Gasteiger partial charge in [-0.1, -0.05) is 48.0 Å². The van der Waals surface area contributed by atoms with Gasteiger partial charge in [0, 0.05) is 12.2 Å². The van der Waals surface area contributed by atoms with Crippen LogP contribution in [0.1, 0.15) is 17.5 Å². The topological polar surface area (TPSA) is 49.0 Å². The standard InChI is InChI=1S/C22H24N4S/c1-17-9-11-19(12-10-17)25-21-14-13-20(16-24-21)26-22(27)23-15-5-8-18-6-3-2-4-7-18/h2-4,6-7,9-14,16H,5,8,15H2,1H3,(H,24,25)(H2,23,26,27). The predicted molar refractivity (Wildman–Crippen MR) is 118 cm³/mol. The van der Waals surface area contributed by atoms with Crippen molar-refractivity contribution in [2.24, 2.45) is 0 Å². The van der Waals surface area contributed by atoms with Crippen molar-refractivity contribution in [2.75, 3.05) is 17.2 Å². The molecule has 2 aromatic carbocycles. The molecule has 3 N–H and O–H groups in total.